The molecule has 2 aromatic rings. The zero-order chi connectivity index (χ0) is 36.3. The Kier molecular flexibility index (Phi) is 11.6. The van der Waals surface area contributed by atoms with Gasteiger partial charge in [-0.1, -0.05) is 39.8 Å². The van der Waals surface area contributed by atoms with Crippen LogP contribution in [0.1, 0.15) is 79.8 Å². The Morgan fingerprint density at radius 2 is 1.80 bits per heavy atom. The Labute approximate surface area is 288 Å². The molecule has 2 aliphatic rings. The molecule has 2 fully saturated rings. The van der Waals surface area contributed by atoms with Crippen molar-refractivity contribution in [3.05, 3.63) is 49.2 Å². The molecule has 1 N–H and O–H groups in total. The van der Waals surface area contributed by atoms with E-state index in [9.17, 15) is 9.59 Å². The van der Waals surface area contributed by atoms with Crippen LogP contribution in [0.3, 0.4) is 0 Å². The molecule has 0 unspecified atom stereocenters. The fraction of sp³-hybridized carbons (Fsp3) is 0.622. The Balaban J connectivity index is 1.69. The number of fused-ring (bicyclic) bond motifs is 1. The van der Waals surface area contributed by atoms with E-state index in [-0.39, 0.29) is 36.5 Å². The first kappa shape index (κ1) is 38.0. The third kappa shape index (κ3) is 9.46. The molecule has 1 saturated carbocycles. The molecule has 12 heteroatoms. The lowest BCUT2D eigenvalue weighted by atomic mass is 9.86. The first-order chi connectivity index (χ1) is 22.9. The molecule has 1 aromatic heterocycles. The van der Waals surface area contributed by atoms with Crippen molar-refractivity contribution in [1.29, 1.82) is 0 Å². The SMILES string of the molecule is C=CC[C@@H]1C[C@H]1OC(=O)N[C@H](CN1C[C@H](Oc2nc3cc(OC)ccc3nc2C(F)(F)CC=C)[C@@H](CC)[C@H]1C(=O)OC(C)(C)C)C(C)(C)C. The lowest BCUT2D eigenvalue weighted by Gasteiger charge is -2.36. The molecule has 0 radical (unpaired) electrons. The second kappa shape index (κ2) is 15.0. The van der Waals surface area contributed by atoms with E-state index in [1.165, 1.54) is 7.11 Å². The summed E-state index contributed by atoms with van der Waals surface area (Å²) in [5.74, 6) is -3.91. The topological polar surface area (TPSA) is 112 Å². The molecule has 1 aliphatic carbocycles. The maximum atomic E-state index is 15.6. The molecule has 4 rings (SSSR count). The molecule has 1 amide bonds. The minimum atomic E-state index is -3.42. The number of alkyl carbamates (subject to hydrolysis) is 1. The van der Waals surface area contributed by atoms with Gasteiger partial charge in [0.05, 0.1) is 18.1 Å². The number of amides is 1. The highest BCUT2D eigenvalue weighted by atomic mass is 19.3. The minimum absolute atomic E-state index is 0.154. The van der Waals surface area contributed by atoms with E-state index in [4.69, 9.17) is 18.9 Å². The normalized spacial score (nSPS) is 23.4. The monoisotopic (exact) mass is 686 g/mol. The van der Waals surface area contributed by atoms with Crippen LogP contribution in [0.15, 0.2) is 43.5 Å². The standard InChI is InChI=1S/C37H52F2N4O6/c1-11-14-22-18-27(22)48-34(45)42-29(35(4,5)6)21-43-20-28(24(13-3)30(43)33(44)49-36(7,8)9)47-32-31(37(38,39)17-12-2)40-25-16-15-23(46-10)19-26(25)41-32/h11-12,15-16,19,22,24,27-30H,1-2,13-14,17-18,20-21H2,3-10H3,(H,42,45)/t22-,24-,27-,28+,29-,30+/m1/s1. The first-order valence-corrected chi connectivity index (χ1v) is 17.0. The number of carbonyl (C=O) groups excluding carboxylic acids is 2. The largest absolute Gasteiger partial charge is 0.497 e. The van der Waals surface area contributed by atoms with Gasteiger partial charge in [-0.05, 0) is 57.6 Å². The summed E-state index contributed by atoms with van der Waals surface area (Å²) in [6, 6.07) is 3.56. The molecule has 1 aromatic carbocycles. The molecule has 2 heterocycles. The van der Waals surface area contributed by atoms with Crippen molar-refractivity contribution in [2.24, 2.45) is 17.3 Å². The smallest absolute Gasteiger partial charge is 0.407 e. The van der Waals surface area contributed by atoms with Gasteiger partial charge in [-0.3, -0.25) is 9.69 Å². The summed E-state index contributed by atoms with van der Waals surface area (Å²) in [7, 11) is 1.50. The number of halogens is 2. The van der Waals surface area contributed by atoms with E-state index in [0.29, 0.717) is 17.7 Å². The predicted octanol–water partition coefficient (Wildman–Crippen LogP) is 7.21. The van der Waals surface area contributed by atoms with Crippen molar-refractivity contribution < 1.29 is 37.3 Å². The summed E-state index contributed by atoms with van der Waals surface area (Å²) in [5.41, 5.74) is -1.25. The predicted molar refractivity (Wildman–Crippen MR) is 184 cm³/mol. The van der Waals surface area contributed by atoms with Crippen LogP contribution in [0.25, 0.3) is 11.0 Å². The highest BCUT2D eigenvalue weighted by Gasteiger charge is 2.50. The number of benzene rings is 1. The van der Waals surface area contributed by atoms with Gasteiger partial charge in [-0.2, -0.15) is 8.78 Å². The highest BCUT2D eigenvalue weighted by molar-refractivity contribution is 5.78. The van der Waals surface area contributed by atoms with Gasteiger partial charge in [-0.15, -0.1) is 13.2 Å². The van der Waals surface area contributed by atoms with Gasteiger partial charge in [-0.25, -0.2) is 14.8 Å². The zero-order valence-electron chi connectivity index (χ0n) is 30.1. The lowest BCUT2D eigenvalue weighted by molar-refractivity contribution is -0.162. The summed E-state index contributed by atoms with van der Waals surface area (Å²) < 4.78 is 54.5. The summed E-state index contributed by atoms with van der Waals surface area (Å²) in [6.45, 7) is 21.0. The number of ether oxygens (including phenoxy) is 4. The quantitative estimate of drug-likeness (QED) is 0.163. The van der Waals surface area contributed by atoms with E-state index >= 15 is 8.78 Å². The number of esters is 1. The van der Waals surface area contributed by atoms with Gasteiger partial charge in [0.2, 0.25) is 5.88 Å². The van der Waals surface area contributed by atoms with E-state index in [2.05, 4.69) is 28.4 Å². The number of alkyl halides is 2. The summed E-state index contributed by atoms with van der Waals surface area (Å²) in [6.07, 6.45) is 2.90. The fourth-order valence-corrected chi connectivity index (χ4v) is 6.24. The van der Waals surface area contributed by atoms with Crippen LogP contribution in [0.2, 0.25) is 0 Å². The number of nitrogens with zero attached hydrogens (tertiary/aromatic N) is 3. The van der Waals surface area contributed by atoms with Crippen LogP contribution < -0.4 is 14.8 Å². The van der Waals surface area contributed by atoms with E-state index in [0.717, 1.165) is 18.9 Å². The number of hydrogen-bond donors (Lipinski definition) is 1. The van der Waals surface area contributed by atoms with Crippen molar-refractivity contribution in [1.82, 2.24) is 20.2 Å². The Bertz CT molecular complexity index is 1520. The average molecular weight is 687 g/mol. The number of likely N-dealkylation sites (tertiary alicyclic amines) is 1. The van der Waals surface area contributed by atoms with Gasteiger partial charge in [0.1, 0.15) is 29.6 Å². The first-order valence-electron chi connectivity index (χ1n) is 17.0. The van der Waals surface area contributed by atoms with Crippen molar-refractivity contribution in [2.45, 2.75) is 110 Å². The van der Waals surface area contributed by atoms with Crippen LogP contribution >= 0.6 is 0 Å². The van der Waals surface area contributed by atoms with Gasteiger partial charge < -0.3 is 24.3 Å². The van der Waals surface area contributed by atoms with Crippen LogP contribution in [0.5, 0.6) is 11.6 Å². The number of nitrogens with one attached hydrogen (secondary N) is 1. The van der Waals surface area contributed by atoms with Crippen LogP contribution in [0, 0.1) is 17.3 Å². The second-order valence-electron chi connectivity index (χ2n) is 15.1. The van der Waals surface area contributed by atoms with Gasteiger partial charge in [0.25, 0.3) is 5.92 Å². The average Bonchev–Trinajstić information content (AvgIpc) is 3.62. The highest BCUT2D eigenvalue weighted by Crippen LogP contribution is 2.41. The zero-order valence-corrected chi connectivity index (χ0v) is 30.1. The molecular weight excluding hydrogens is 634 g/mol. The number of allylic oxidation sites excluding steroid dienone is 2. The summed E-state index contributed by atoms with van der Waals surface area (Å²) in [4.78, 5) is 37.7. The minimum Gasteiger partial charge on any atom is -0.497 e. The van der Waals surface area contributed by atoms with Crippen LogP contribution in [-0.2, 0) is 20.2 Å². The molecular formula is C37H52F2N4O6. The summed E-state index contributed by atoms with van der Waals surface area (Å²) >= 11 is 0. The molecule has 1 saturated heterocycles. The number of methoxy groups -OCH3 is 1. The molecule has 0 bridgehead atoms. The van der Waals surface area contributed by atoms with Crippen molar-refractivity contribution in [3.63, 3.8) is 0 Å². The van der Waals surface area contributed by atoms with E-state index in [1.807, 2.05) is 38.7 Å². The van der Waals surface area contributed by atoms with Crippen molar-refractivity contribution in [3.8, 4) is 11.6 Å². The third-order valence-electron chi connectivity index (χ3n) is 9.00. The van der Waals surface area contributed by atoms with Gasteiger partial charge in [0, 0.05) is 43.5 Å². The molecule has 270 valence electrons. The second-order valence-corrected chi connectivity index (χ2v) is 15.1. The molecule has 0 spiro atoms. The fourth-order valence-electron chi connectivity index (χ4n) is 6.24. The molecule has 1 aliphatic heterocycles. The van der Waals surface area contributed by atoms with E-state index in [1.54, 1.807) is 39.0 Å². The van der Waals surface area contributed by atoms with Crippen LogP contribution in [-0.4, -0.2) is 77.0 Å². The van der Waals surface area contributed by atoms with Crippen LogP contribution in [0.4, 0.5) is 13.6 Å². The molecule has 10 nitrogen and oxygen atoms in total. The van der Waals surface area contributed by atoms with Gasteiger partial charge in [0.15, 0.2) is 5.69 Å². The Morgan fingerprint density at radius 1 is 1.08 bits per heavy atom. The Hall–Kier alpha value is -3.80. The van der Waals surface area contributed by atoms with Crippen molar-refractivity contribution >= 4 is 23.1 Å². The Morgan fingerprint density at radius 3 is 2.39 bits per heavy atom. The summed E-state index contributed by atoms with van der Waals surface area (Å²) in [5, 5.41) is 3.03. The maximum absolute atomic E-state index is 15.6. The van der Waals surface area contributed by atoms with Gasteiger partial charge >= 0.3 is 12.1 Å². The number of aromatic nitrogens is 2. The number of hydrogen-bond acceptors (Lipinski definition) is 9. The molecule has 49 heavy (non-hydrogen) atoms. The number of rotatable bonds is 14. The van der Waals surface area contributed by atoms with E-state index < -0.39 is 65.2 Å². The third-order valence-corrected chi connectivity index (χ3v) is 9.00. The number of carbonyl (C=O) groups is 2. The maximum Gasteiger partial charge on any atom is 0.407 e. The van der Waals surface area contributed by atoms with Crippen molar-refractivity contribution in [2.75, 3.05) is 20.2 Å². The lowest BCUT2D eigenvalue weighted by Crippen LogP contribution is -2.54. The molecule has 6 atom stereocenters.